The van der Waals surface area contributed by atoms with Crippen LogP contribution in [-0.4, -0.2) is 32.5 Å². The lowest BCUT2D eigenvalue weighted by atomic mass is 10.1. The van der Waals surface area contributed by atoms with Crippen LogP contribution in [0.15, 0.2) is 49.5 Å². The Morgan fingerprint density at radius 2 is 2.17 bits per heavy atom. The van der Waals surface area contributed by atoms with E-state index in [1.807, 2.05) is 35.3 Å². The van der Waals surface area contributed by atoms with Gasteiger partial charge in [0, 0.05) is 23.7 Å². The normalized spacial score (nSPS) is 15.2. The predicted molar refractivity (Wildman–Crippen MR) is 119 cm³/mol. The minimum atomic E-state index is 0.459. The van der Waals surface area contributed by atoms with Crippen LogP contribution in [-0.2, 0) is 6.54 Å². The number of anilines is 1. The third kappa shape index (κ3) is 4.00. The quantitative estimate of drug-likeness (QED) is 0.465. The Morgan fingerprint density at radius 1 is 1.34 bits per heavy atom. The molecule has 0 unspecified atom stereocenters. The molecule has 0 aliphatic carbocycles. The first-order chi connectivity index (χ1) is 14.2. The van der Waals surface area contributed by atoms with E-state index in [1.54, 1.807) is 6.08 Å². The molecule has 0 aromatic carbocycles. The van der Waals surface area contributed by atoms with Crippen LogP contribution in [0.2, 0.25) is 0 Å². The molecule has 1 saturated heterocycles. The molecule has 4 rings (SSSR count). The first-order valence-electron chi connectivity index (χ1n) is 10.1. The summed E-state index contributed by atoms with van der Waals surface area (Å²) in [6.45, 7) is 8.56. The first kappa shape index (κ1) is 19.1. The van der Waals surface area contributed by atoms with E-state index in [-0.39, 0.29) is 0 Å². The number of aryl methyl sites for hydroxylation is 1. The van der Waals surface area contributed by atoms with Gasteiger partial charge in [0.2, 0.25) is 0 Å². The minimum absolute atomic E-state index is 0.459. The smallest absolute Gasteiger partial charge is 0.123 e. The average molecular weight is 392 g/mol. The highest BCUT2D eigenvalue weighted by Crippen LogP contribution is 2.26. The molecule has 7 nitrogen and oxygen atoms in total. The molecule has 3 aromatic heterocycles. The van der Waals surface area contributed by atoms with Crippen LogP contribution in [0.1, 0.15) is 35.7 Å². The van der Waals surface area contributed by atoms with Gasteiger partial charge in [0.05, 0.1) is 24.5 Å². The Bertz CT molecular complexity index is 998. The largest absolute Gasteiger partial charge is 0.384 e. The van der Waals surface area contributed by atoms with Gasteiger partial charge in [0.15, 0.2) is 0 Å². The highest BCUT2D eigenvalue weighted by Gasteiger charge is 2.17. The highest BCUT2D eigenvalue weighted by molar-refractivity contribution is 5.63. The first-order valence-corrected chi connectivity index (χ1v) is 10.1. The minimum Gasteiger partial charge on any atom is -0.384 e. The molecular weight excluding hydrogens is 362 g/mol. The third-order valence-corrected chi connectivity index (χ3v) is 5.53. The summed E-state index contributed by atoms with van der Waals surface area (Å²) in [5, 5.41) is 8.02. The number of nitrogen functional groups attached to an aromatic ring is 1. The second-order valence-corrected chi connectivity index (χ2v) is 7.45. The van der Waals surface area contributed by atoms with Gasteiger partial charge >= 0.3 is 0 Å². The standard InChI is InChI=1S/C22H29N7/c1-3-4-5-20-16(2)25-12-17(20)13-27-29-21(6-7-22(29)23)18-14-26-28(15-18)19-8-10-24-11-9-19/h3-7,12,14-15,19,24-25,27H,1,8-11,13,23H2,2H3/b5-4-. The fraction of sp³-hybridized carbons (Fsp3) is 0.318. The van der Waals surface area contributed by atoms with Gasteiger partial charge in [0.25, 0.3) is 0 Å². The van der Waals surface area contributed by atoms with Crippen molar-refractivity contribution in [2.75, 3.05) is 24.2 Å². The number of aromatic amines is 1. The molecule has 1 fully saturated rings. The molecule has 0 atom stereocenters. The van der Waals surface area contributed by atoms with Crippen molar-refractivity contribution in [3.8, 4) is 11.3 Å². The van der Waals surface area contributed by atoms with Crippen molar-refractivity contribution in [1.29, 1.82) is 0 Å². The zero-order valence-electron chi connectivity index (χ0n) is 16.9. The summed E-state index contributed by atoms with van der Waals surface area (Å²) >= 11 is 0. The van der Waals surface area contributed by atoms with Crippen LogP contribution in [0, 0.1) is 6.92 Å². The summed E-state index contributed by atoms with van der Waals surface area (Å²) in [5.74, 6) is 0.671. The van der Waals surface area contributed by atoms with Crippen LogP contribution in [0.3, 0.4) is 0 Å². The molecule has 1 aliphatic rings. The van der Waals surface area contributed by atoms with Crippen molar-refractivity contribution in [3.63, 3.8) is 0 Å². The zero-order chi connectivity index (χ0) is 20.2. The number of hydrogen-bond acceptors (Lipinski definition) is 4. The van der Waals surface area contributed by atoms with Gasteiger partial charge in [0.1, 0.15) is 5.82 Å². The van der Waals surface area contributed by atoms with Crippen molar-refractivity contribution in [2.45, 2.75) is 32.4 Å². The van der Waals surface area contributed by atoms with E-state index in [2.05, 4.69) is 51.3 Å². The lowest BCUT2D eigenvalue weighted by Crippen LogP contribution is -2.29. The summed E-state index contributed by atoms with van der Waals surface area (Å²) in [6.07, 6.45) is 14.1. The second kappa shape index (κ2) is 8.45. The van der Waals surface area contributed by atoms with Crippen molar-refractivity contribution in [3.05, 3.63) is 66.3 Å². The number of nitrogens with one attached hydrogen (secondary N) is 3. The van der Waals surface area contributed by atoms with Gasteiger partial charge in [-0.25, -0.2) is 4.68 Å². The molecule has 3 aromatic rings. The maximum atomic E-state index is 6.25. The summed E-state index contributed by atoms with van der Waals surface area (Å²) in [5.41, 5.74) is 15.2. The number of allylic oxidation sites excluding steroid dienone is 2. The molecule has 0 spiro atoms. The van der Waals surface area contributed by atoms with E-state index in [4.69, 9.17) is 5.73 Å². The van der Waals surface area contributed by atoms with Gasteiger partial charge < -0.3 is 21.5 Å². The molecule has 7 heteroatoms. The van der Waals surface area contributed by atoms with E-state index in [0.29, 0.717) is 18.4 Å². The Balaban J connectivity index is 1.54. The number of rotatable bonds is 7. The number of piperidine rings is 1. The van der Waals surface area contributed by atoms with E-state index in [0.717, 1.165) is 42.9 Å². The lowest BCUT2D eigenvalue weighted by Gasteiger charge is -2.22. The Labute approximate surface area is 171 Å². The number of nitrogens with two attached hydrogens (primary N) is 1. The van der Waals surface area contributed by atoms with Gasteiger partial charge in [-0.05, 0) is 56.1 Å². The van der Waals surface area contributed by atoms with Crippen LogP contribution in [0.25, 0.3) is 17.3 Å². The average Bonchev–Trinajstić information content (AvgIpc) is 3.45. The molecule has 0 radical (unpaired) electrons. The monoisotopic (exact) mass is 391 g/mol. The fourth-order valence-corrected chi connectivity index (χ4v) is 3.89. The maximum absolute atomic E-state index is 6.25. The summed E-state index contributed by atoms with van der Waals surface area (Å²) in [4.78, 5) is 3.29. The molecule has 29 heavy (non-hydrogen) atoms. The van der Waals surface area contributed by atoms with Gasteiger partial charge in [-0.3, -0.25) is 4.68 Å². The SMILES string of the molecule is C=C/C=C\c1c(CNn2c(N)ccc2-c2cnn(C3CCNCC3)c2)c[nH]c1C. The number of nitrogens with zero attached hydrogens (tertiary/aromatic N) is 3. The predicted octanol–water partition coefficient (Wildman–Crippen LogP) is 3.44. The van der Waals surface area contributed by atoms with E-state index in [9.17, 15) is 0 Å². The van der Waals surface area contributed by atoms with Gasteiger partial charge in [-0.1, -0.05) is 24.8 Å². The Kier molecular flexibility index (Phi) is 5.57. The van der Waals surface area contributed by atoms with Gasteiger partial charge in [-0.15, -0.1) is 0 Å². The lowest BCUT2D eigenvalue weighted by molar-refractivity contribution is 0.343. The third-order valence-electron chi connectivity index (χ3n) is 5.53. The molecule has 152 valence electrons. The molecule has 5 N–H and O–H groups in total. The van der Waals surface area contributed by atoms with Crippen molar-refractivity contribution in [1.82, 2.24) is 24.8 Å². The molecule has 0 amide bonds. The van der Waals surface area contributed by atoms with Crippen LogP contribution < -0.4 is 16.5 Å². The zero-order valence-corrected chi connectivity index (χ0v) is 16.9. The van der Waals surface area contributed by atoms with Crippen LogP contribution >= 0.6 is 0 Å². The number of aromatic nitrogens is 4. The van der Waals surface area contributed by atoms with E-state index >= 15 is 0 Å². The highest BCUT2D eigenvalue weighted by atomic mass is 15.4. The summed E-state index contributed by atoms with van der Waals surface area (Å²) in [6, 6.07) is 4.42. The van der Waals surface area contributed by atoms with Crippen molar-refractivity contribution < 1.29 is 0 Å². The topological polar surface area (TPSA) is 88.6 Å². The Morgan fingerprint density at radius 3 is 2.97 bits per heavy atom. The molecule has 0 saturated carbocycles. The molecule has 0 bridgehead atoms. The Hall–Kier alpha value is -3.19. The fourth-order valence-electron chi connectivity index (χ4n) is 3.89. The van der Waals surface area contributed by atoms with E-state index in [1.165, 1.54) is 11.1 Å². The molecule has 1 aliphatic heterocycles. The maximum Gasteiger partial charge on any atom is 0.123 e. The number of hydrogen-bond donors (Lipinski definition) is 4. The second-order valence-electron chi connectivity index (χ2n) is 7.45. The molecular formula is C22H29N7. The van der Waals surface area contributed by atoms with Gasteiger partial charge in [-0.2, -0.15) is 5.10 Å². The van der Waals surface area contributed by atoms with Crippen molar-refractivity contribution in [2.24, 2.45) is 0 Å². The van der Waals surface area contributed by atoms with E-state index < -0.39 is 0 Å². The van der Waals surface area contributed by atoms with Crippen LogP contribution in [0.4, 0.5) is 5.82 Å². The summed E-state index contributed by atoms with van der Waals surface area (Å²) < 4.78 is 4.03. The summed E-state index contributed by atoms with van der Waals surface area (Å²) in [7, 11) is 0. The number of H-pyrrole nitrogens is 1. The molecule has 4 heterocycles. The van der Waals surface area contributed by atoms with Crippen molar-refractivity contribution >= 4 is 11.9 Å². The van der Waals surface area contributed by atoms with Crippen LogP contribution in [0.5, 0.6) is 0 Å².